The third-order valence-corrected chi connectivity index (χ3v) is 4.40. The van der Waals surface area contributed by atoms with Crippen LogP contribution < -0.4 is 5.32 Å². The zero-order valence-corrected chi connectivity index (χ0v) is 12.3. The fourth-order valence-corrected chi connectivity index (χ4v) is 3.01. The first kappa shape index (κ1) is 12.9. The van der Waals surface area contributed by atoms with E-state index < -0.39 is 0 Å². The molecule has 2 heteroatoms. The van der Waals surface area contributed by atoms with Crippen molar-refractivity contribution in [1.29, 1.82) is 0 Å². The van der Waals surface area contributed by atoms with Crippen molar-refractivity contribution in [2.24, 2.45) is 11.8 Å². The number of benzene rings is 1. The van der Waals surface area contributed by atoms with Crippen LogP contribution in [0.25, 0.3) is 0 Å². The van der Waals surface area contributed by atoms with E-state index in [-0.39, 0.29) is 0 Å². The average Bonchev–Trinajstić information content (AvgIpc) is 2.32. The van der Waals surface area contributed by atoms with Crippen molar-refractivity contribution in [2.45, 2.75) is 45.6 Å². The number of rotatable bonds is 3. The summed E-state index contributed by atoms with van der Waals surface area (Å²) in [6.07, 6.45) is 5.43. The number of hydrogen-bond acceptors (Lipinski definition) is 1. The first-order valence-corrected chi connectivity index (χ1v) is 7.46. The summed E-state index contributed by atoms with van der Waals surface area (Å²) >= 11 is 3.47. The summed E-state index contributed by atoms with van der Waals surface area (Å²) in [5.41, 5.74) is 1.25. The molecule has 0 saturated heterocycles. The molecule has 1 N–H and O–H groups in total. The largest absolute Gasteiger partial charge is 0.382 e. The number of nitrogens with one attached hydrogen (secondary N) is 1. The number of anilines is 1. The Labute approximate surface area is 113 Å². The molecule has 2 unspecified atom stereocenters. The van der Waals surface area contributed by atoms with Gasteiger partial charge in [0, 0.05) is 16.2 Å². The summed E-state index contributed by atoms with van der Waals surface area (Å²) in [6.45, 7) is 4.71. The van der Waals surface area contributed by atoms with E-state index in [4.69, 9.17) is 0 Å². The lowest BCUT2D eigenvalue weighted by molar-refractivity contribution is 0.264. The highest BCUT2D eigenvalue weighted by atomic mass is 79.9. The average molecular weight is 296 g/mol. The van der Waals surface area contributed by atoms with Gasteiger partial charge in [0.1, 0.15) is 0 Å². The molecule has 1 nitrogen and oxygen atoms in total. The second kappa shape index (κ2) is 5.90. The summed E-state index contributed by atoms with van der Waals surface area (Å²) in [5, 5.41) is 3.67. The van der Waals surface area contributed by atoms with E-state index in [0.717, 1.165) is 16.3 Å². The predicted octanol–water partition coefficient (Wildman–Crippen LogP) is 5.08. The summed E-state index contributed by atoms with van der Waals surface area (Å²) in [7, 11) is 0. The summed E-state index contributed by atoms with van der Waals surface area (Å²) < 4.78 is 1.15. The molecular formula is C15H22BrN. The van der Waals surface area contributed by atoms with Gasteiger partial charge in [-0.25, -0.2) is 0 Å². The van der Waals surface area contributed by atoms with Crippen molar-refractivity contribution in [3.05, 3.63) is 28.7 Å². The molecule has 0 bridgehead atoms. The molecule has 0 amide bonds. The Balaban J connectivity index is 1.92. The Hall–Kier alpha value is -0.500. The lowest BCUT2D eigenvalue weighted by Crippen LogP contribution is -2.29. The van der Waals surface area contributed by atoms with Gasteiger partial charge in [-0.15, -0.1) is 0 Å². The van der Waals surface area contributed by atoms with E-state index in [1.165, 1.54) is 31.4 Å². The summed E-state index contributed by atoms with van der Waals surface area (Å²) in [6, 6.07) is 9.18. The number of halogens is 1. The van der Waals surface area contributed by atoms with E-state index in [9.17, 15) is 0 Å². The molecule has 1 aliphatic carbocycles. The van der Waals surface area contributed by atoms with Gasteiger partial charge in [-0.05, 0) is 48.9 Å². The van der Waals surface area contributed by atoms with E-state index in [2.05, 4.69) is 59.4 Å². The fraction of sp³-hybridized carbons (Fsp3) is 0.600. The van der Waals surface area contributed by atoms with Crippen LogP contribution in [0.3, 0.4) is 0 Å². The smallest absolute Gasteiger partial charge is 0.0343 e. The maximum absolute atomic E-state index is 3.67. The second-order valence-electron chi connectivity index (χ2n) is 5.52. The second-order valence-corrected chi connectivity index (χ2v) is 6.43. The Morgan fingerprint density at radius 3 is 2.53 bits per heavy atom. The van der Waals surface area contributed by atoms with Crippen LogP contribution in [0.1, 0.15) is 39.5 Å². The van der Waals surface area contributed by atoms with Crippen molar-refractivity contribution in [3.8, 4) is 0 Å². The zero-order chi connectivity index (χ0) is 12.3. The highest BCUT2D eigenvalue weighted by Crippen LogP contribution is 2.31. The van der Waals surface area contributed by atoms with Gasteiger partial charge in [0.25, 0.3) is 0 Å². The molecule has 0 radical (unpaired) electrons. The van der Waals surface area contributed by atoms with Crippen LogP contribution in [-0.4, -0.2) is 6.04 Å². The van der Waals surface area contributed by atoms with Crippen LogP contribution in [0.15, 0.2) is 28.7 Å². The minimum absolute atomic E-state index is 0.664. The van der Waals surface area contributed by atoms with Crippen molar-refractivity contribution in [1.82, 2.24) is 0 Å². The third-order valence-electron chi connectivity index (χ3n) is 3.87. The predicted molar refractivity (Wildman–Crippen MR) is 78.3 cm³/mol. The molecule has 1 aromatic carbocycles. The standard InChI is InChI=1S/C15H22BrN/c1-11(2)12-4-3-5-15(10-12)17-14-8-6-13(16)7-9-14/h6-9,11-12,15,17H,3-5,10H2,1-2H3. The minimum atomic E-state index is 0.664. The van der Waals surface area contributed by atoms with Gasteiger partial charge in [0.05, 0.1) is 0 Å². The molecule has 2 rings (SSSR count). The molecule has 1 aliphatic rings. The van der Waals surface area contributed by atoms with Gasteiger partial charge in [0.2, 0.25) is 0 Å². The SMILES string of the molecule is CC(C)C1CCCC(Nc2ccc(Br)cc2)C1. The van der Waals surface area contributed by atoms with Crippen LogP contribution in [0.2, 0.25) is 0 Å². The van der Waals surface area contributed by atoms with Crippen molar-refractivity contribution < 1.29 is 0 Å². The van der Waals surface area contributed by atoms with Gasteiger partial charge in [0.15, 0.2) is 0 Å². The third kappa shape index (κ3) is 3.74. The first-order valence-electron chi connectivity index (χ1n) is 6.67. The maximum Gasteiger partial charge on any atom is 0.0343 e. The topological polar surface area (TPSA) is 12.0 Å². The molecule has 0 heterocycles. The monoisotopic (exact) mass is 295 g/mol. The Morgan fingerprint density at radius 1 is 1.18 bits per heavy atom. The van der Waals surface area contributed by atoms with Crippen molar-refractivity contribution in [2.75, 3.05) is 5.32 Å². The zero-order valence-electron chi connectivity index (χ0n) is 10.7. The highest BCUT2D eigenvalue weighted by Gasteiger charge is 2.23. The van der Waals surface area contributed by atoms with Crippen LogP contribution in [0.4, 0.5) is 5.69 Å². The molecule has 1 saturated carbocycles. The Kier molecular flexibility index (Phi) is 4.49. The highest BCUT2D eigenvalue weighted by molar-refractivity contribution is 9.10. The van der Waals surface area contributed by atoms with E-state index >= 15 is 0 Å². The molecule has 0 aromatic heterocycles. The lowest BCUT2D eigenvalue weighted by atomic mass is 9.79. The van der Waals surface area contributed by atoms with Crippen LogP contribution in [-0.2, 0) is 0 Å². The minimum Gasteiger partial charge on any atom is -0.382 e. The molecule has 0 spiro atoms. The van der Waals surface area contributed by atoms with Crippen molar-refractivity contribution in [3.63, 3.8) is 0 Å². The molecule has 2 atom stereocenters. The summed E-state index contributed by atoms with van der Waals surface area (Å²) in [4.78, 5) is 0. The van der Waals surface area contributed by atoms with Gasteiger partial charge < -0.3 is 5.32 Å². The van der Waals surface area contributed by atoms with E-state index in [0.29, 0.717) is 6.04 Å². The molecular weight excluding hydrogens is 274 g/mol. The van der Waals surface area contributed by atoms with Gasteiger partial charge in [-0.1, -0.05) is 42.6 Å². The molecule has 94 valence electrons. The Bertz CT molecular complexity index is 344. The van der Waals surface area contributed by atoms with E-state index in [1.54, 1.807) is 0 Å². The van der Waals surface area contributed by atoms with E-state index in [1.807, 2.05) is 0 Å². The van der Waals surface area contributed by atoms with Crippen LogP contribution >= 0.6 is 15.9 Å². The van der Waals surface area contributed by atoms with Crippen molar-refractivity contribution >= 4 is 21.6 Å². The van der Waals surface area contributed by atoms with Gasteiger partial charge in [-0.2, -0.15) is 0 Å². The lowest BCUT2D eigenvalue weighted by Gasteiger charge is -2.32. The molecule has 17 heavy (non-hydrogen) atoms. The van der Waals surface area contributed by atoms with Crippen LogP contribution in [0, 0.1) is 11.8 Å². The van der Waals surface area contributed by atoms with Gasteiger partial charge in [-0.3, -0.25) is 0 Å². The first-order chi connectivity index (χ1) is 8.15. The molecule has 1 aromatic rings. The maximum atomic E-state index is 3.67. The number of hydrogen-bond donors (Lipinski definition) is 1. The molecule has 0 aliphatic heterocycles. The quantitative estimate of drug-likeness (QED) is 0.820. The summed E-state index contributed by atoms with van der Waals surface area (Å²) in [5.74, 6) is 1.72. The molecule has 1 fully saturated rings. The van der Waals surface area contributed by atoms with Gasteiger partial charge >= 0.3 is 0 Å². The normalized spacial score (nSPS) is 24.9. The Morgan fingerprint density at radius 2 is 1.88 bits per heavy atom. The van der Waals surface area contributed by atoms with Crippen LogP contribution in [0.5, 0.6) is 0 Å². The fourth-order valence-electron chi connectivity index (χ4n) is 2.75.